The molecule has 3 aromatic rings. The molecule has 1 unspecified atom stereocenters. The molecule has 3 aromatic carbocycles. The lowest BCUT2D eigenvalue weighted by atomic mass is 10.0. The van der Waals surface area contributed by atoms with Crippen molar-refractivity contribution in [1.29, 1.82) is 0 Å². The summed E-state index contributed by atoms with van der Waals surface area (Å²) in [4.78, 5) is 28.7. The van der Waals surface area contributed by atoms with Crippen molar-refractivity contribution in [3.05, 3.63) is 99.5 Å². The Labute approximate surface area is 238 Å². The van der Waals surface area contributed by atoms with Crippen LogP contribution in [0.15, 0.2) is 88.2 Å². The summed E-state index contributed by atoms with van der Waals surface area (Å²) in [6, 6.07) is 21.6. The van der Waals surface area contributed by atoms with Crippen LogP contribution in [0.25, 0.3) is 0 Å². The van der Waals surface area contributed by atoms with E-state index in [1.54, 1.807) is 0 Å². The van der Waals surface area contributed by atoms with Crippen molar-refractivity contribution in [2.45, 2.75) is 43.8 Å². The normalized spacial score (nSPS) is 12.4. The van der Waals surface area contributed by atoms with Crippen LogP contribution in [0.5, 0.6) is 0 Å². The topological polar surface area (TPSA) is 86.8 Å². The number of nitrogens with one attached hydrogen (secondary N) is 1. The summed E-state index contributed by atoms with van der Waals surface area (Å²) in [5.74, 6) is -0.801. The summed E-state index contributed by atoms with van der Waals surface area (Å²) < 4.78 is 28.2. The Hall–Kier alpha value is -2.72. The second kappa shape index (κ2) is 13.4. The minimum absolute atomic E-state index is 0.0232. The van der Waals surface area contributed by atoms with E-state index >= 15 is 0 Å². The smallest absolute Gasteiger partial charge is 0.243 e. The van der Waals surface area contributed by atoms with Crippen LogP contribution in [0.4, 0.5) is 0 Å². The molecule has 0 heterocycles. The number of carbonyl (C=O) groups excluding carboxylic acids is 2. The molecule has 0 aromatic heterocycles. The molecule has 1 N–H and O–H groups in total. The molecule has 10 heteroatoms. The second-order valence-corrected chi connectivity index (χ2v) is 12.6. The van der Waals surface area contributed by atoms with Gasteiger partial charge in [-0.25, -0.2) is 8.42 Å². The minimum atomic E-state index is -3.97. The van der Waals surface area contributed by atoms with Crippen molar-refractivity contribution in [2.75, 3.05) is 13.6 Å². The maximum atomic E-state index is 13.8. The number of rotatable bonds is 11. The number of nitrogens with zero attached hydrogens (tertiary/aromatic N) is 2. The standard InChI is InChI=1S/C28H31BrClN3O4S/c1-20(2)31-28(35)26(17-21-7-5-4-6-8-21)33(18-22-9-11-23(29)12-10-22)27(34)19-32(3)38(36,37)25-15-13-24(30)14-16-25/h4-16,20,26H,17-19H2,1-3H3,(H,31,35). The third kappa shape index (κ3) is 8.14. The van der Waals surface area contributed by atoms with Gasteiger partial charge in [0.1, 0.15) is 6.04 Å². The number of hydrogen-bond donors (Lipinski definition) is 1. The fourth-order valence-corrected chi connectivity index (χ4v) is 5.38. The fourth-order valence-electron chi connectivity index (χ4n) is 3.87. The Morgan fingerprint density at radius 1 is 0.921 bits per heavy atom. The lowest BCUT2D eigenvalue weighted by molar-refractivity contribution is -0.141. The molecule has 0 saturated carbocycles. The Morgan fingerprint density at radius 2 is 1.53 bits per heavy atom. The maximum absolute atomic E-state index is 13.8. The quantitative estimate of drug-likeness (QED) is 0.331. The summed E-state index contributed by atoms with van der Waals surface area (Å²) in [6.45, 7) is 3.39. The molecule has 3 rings (SSSR count). The Morgan fingerprint density at radius 3 is 2.11 bits per heavy atom. The molecule has 0 spiro atoms. The van der Waals surface area contributed by atoms with Gasteiger partial charge in [-0.05, 0) is 61.4 Å². The SMILES string of the molecule is CC(C)NC(=O)C(Cc1ccccc1)N(Cc1ccc(Br)cc1)C(=O)CN(C)S(=O)(=O)c1ccc(Cl)cc1. The minimum Gasteiger partial charge on any atom is -0.352 e. The zero-order chi connectivity index (χ0) is 27.9. The second-order valence-electron chi connectivity index (χ2n) is 9.23. The highest BCUT2D eigenvalue weighted by atomic mass is 79.9. The first-order valence-electron chi connectivity index (χ1n) is 12.1. The molecular formula is C28H31BrClN3O4S. The monoisotopic (exact) mass is 619 g/mol. The van der Waals surface area contributed by atoms with Crippen molar-refractivity contribution in [2.24, 2.45) is 0 Å². The summed E-state index contributed by atoms with van der Waals surface area (Å²) in [6.07, 6.45) is 0.273. The highest BCUT2D eigenvalue weighted by molar-refractivity contribution is 9.10. The largest absolute Gasteiger partial charge is 0.352 e. The number of likely N-dealkylation sites (N-methyl/N-ethyl adjacent to an activating group) is 1. The van der Waals surface area contributed by atoms with Crippen molar-refractivity contribution in [3.63, 3.8) is 0 Å². The molecule has 0 aliphatic rings. The molecule has 0 aliphatic heterocycles. The van der Waals surface area contributed by atoms with E-state index in [0.29, 0.717) is 5.02 Å². The molecule has 7 nitrogen and oxygen atoms in total. The van der Waals surface area contributed by atoms with E-state index in [-0.39, 0.29) is 29.8 Å². The molecule has 0 saturated heterocycles. The third-order valence-electron chi connectivity index (χ3n) is 5.85. The van der Waals surface area contributed by atoms with E-state index in [2.05, 4.69) is 21.2 Å². The van der Waals surface area contributed by atoms with Gasteiger partial charge in [-0.2, -0.15) is 4.31 Å². The average molecular weight is 621 g/mol. The van der Waals surface area contributed by atoms with E-state index in [4.69, 9.17) is 11.6 Å². The molecular weight excluding hydrogens is 590 g/mol. The van der Waals surface area contributed by atoms with Crippen LogP contribution in [0.3, 0.4) is 0 Å². The van der Waals surface area contributed by atoms with Crippen molar-refractivity contribution in [1.82, 2.24) is 14.5 Å². The van der Waals surface area contributed by atoms with Crippen molar-refractivity contribution < 1.29 is 18.0 Å². The number of hydrogen-bond acceptors (Lipinski definition) is 4. The van der Waals surface area contributed by atoms with Crippen LogP contribution < -0.4 is 5.32 Å². The third-order valence-corrected chi connectivity index (χ3v) is 8.45. The Kier molecular flexibility index (Phi) is 10.5. The van der Waals surface area contributed by atoms with E-state index in [0.717, 1.165) is 19.9 Å². The molecule has 202 valence electrons. The number of sulfonamides is 1. The van der Waals surface area contributed by atoms with Gasteiger partial charge in [-0.3, -0.25) is 9.59 Å². The highest BCUT2D eigenvalue weighted by Crippen LogP contribution is 2.20. The summed E-state index contributed by atoms with van der Waals surface area (Å²) >= 11 is 9.33. The van der Waals surface area contributed by atoms with Crippen LogP contribution >= 0.6 is 27.5 Å². The molecule has 0 aliphatic carbocycles. The molecule has 0 bridgehead atoms. The van der Waals surface area contributed by atoms with Gasteiger partial charge >= 0.3 is 0 Å². The van der Waals surface area contributed by atoms with Gasteiger partial charge in [0, 0.05) is 35.6 Å². The summed E-state index contributed by atoms with van der Waals surface area (Å²) in [5.41, 5.74) is 1.69. The molecule has 1 atom stereocenters. The van der Waals surface area contributed by atoms with Gasteiger partial charge in [-0.1, -0.05) is 70.0 Å². The van der Waals surface area contributed by atoms with Gasteiger partial charge < -0.3 is 10.2 Å². The van der Waals surface area contributed by atoms with Crippen LogP contribution in [-0.2, 0) is 32.6 Å². The molecule has 0 fully saturated rings. The Bertz CT molecular complexity index is 1330. The van der Waals surface area contributed by atoms with Crippen LogP contribution in [0.2, 0.25) is 5.02 Å². The number of benzene rings is 3. The molecule has 38 heavy (non-hydrogen) atoms. The van der Waals surface area contributed by atoms with Crippen molar-refractivity contribution in [3.8, 4) is 0 Å². The zero-order valence-electron chi connectivity index (χ0n) is 21.5. The van der Waals surface area contributed by atoms with Crippen molar-refractivity contribution >= 4 is 49.4 Å². The van der Waals surface area contributed by atoms with Gasteiger partial charge in [0.25, 0.3) is 0 Å². The molecule has 0 radical (unpaired) electrons. The Balaban J connectivity index is 1.96. The van der Waals surface area contributed by atoms with E-state index < -0.39 is 28.5 Å². The predicted molar refractivity (Wildman–Crippen MR) is 153 cm³/mol. The summed E-state index contributed by atoms with van der Waals surface area (Å²) in [5, 5.41) is 3.33. The number of amides is 2. The first-order valence-corrected chi connectivity index (χ1v) is 14.7. The predicted octanol–water partition coefficient (Wildman–Crippen LogP) is 4.89. The lowest BCUT2D eigenvalue weighted by Gasteiger charge is -2.33. The van der Waals surface area contributed by atoms with Crippen LogP contribution in [0.1, 0.15) is 25.0 Å². The van der Waals surface area contributed by atoms with Gasteiger partial charge in [0.15, 0.2) is 0 Å². The molecule has 2 amide bonds. The first kappa shape index (κ1) is 29.8. The maximum Gasteiger partial charge on any atom is 0.243 e. The van der Waals surface area contributed by atoms with Crippen LogP contribution in [0, 0.1) is 0 Å². The zero-order valence-corrected chi connectivity index (χ0v) is 24.6. The number of halogens is 2. The average Bonchev–Trinajstić information content (AvgIpc) is 2.87. The fraction of sp³-hybridized carbons (Fsp3) is 0.286. The summed E-state index contributed by atoms with van der Waals surface area (Å²) in [7, 11) is -2.62. The van der Waals surface area contributed by atoms with E-state index in [9.17, 15) is 18.0 Å². The van der Waals surface area contributed by atoms with Gasteiger partial charge in [0.2, 0.25) is 21.8 Å². The first-order chi connectivity index (χ1) is 18.0. The van der Waals surface area contributed by atoms with E-state index in [1.807, 2.05) is 68.4 Å². The van der Waals surface area contributed by atoms with Gasteiger partial charge in [0.05, 0.1) is 11.4 Å². The lowest BCUT2D eigenvalue weighted by Crippen LogP contribution is -2.53. The van der Waals surface area contributed by atoms with E-state index in [1.165, 1.54) is 36.2 Å². The van der Waals surface area contributed by atoms with Crippen LogP contribution in [-0.4, -0.2) is 55.1 Å². The number of carbonyl (C=O) groups is 2. The highest BCUT2D eigenvalue weighted by Gasteiger charge is 2.33. The van der Waals surface area contributed by atoms with Gasteiger partial charge in [-0.15, -0.1) is 0 Å².